The zero-order chi connectivity index (χ0) is 14.9. The second-order valence-corrected chi connectivity index (χ2v) is 11.8. The van der Waals surface area contributed by atoms with Crippen LogP contribution in [0.25, 0.3) is 0 Å². The molecule has 0 aliphatic carbocycles. The van der Waals surface area contributed by atoms with Crippen LogP contribution in [0.3, 0.4) is 0 Å². The molecule has 2 heterocycles. The number of fused-ring (bicyclic) bond motifs is 1. The lowest BCUT2D eigenvalue weighted by molar-refractivity contribution is -0.160. The smallest absolute Gasteiger partial charge is 0.161 e. The third-order valence-electron chi connectivity index (χ3n) is 5.11. The molecule has 0 saturated carbocycles. The maximum Gasteiger partial charge on any atom is 0.161 e. The van der Waals surface area contributed by atoms with Crippen LogP contribution in [-0.2, 0) is 9.47 Å². The van der Waals surface area contributed by atoms with Gasteiger partial charge in [-0.1, -0.05) is 54.7 Å². The standard InChI is InChI=1S/C18H26O2Si/c1-4-17-16(15-11-8-12-19-18(15)20-17)13-21(2,3)14-9-6-5-7-10-14/h4-7,9-10,15-18H,1,8,11-13H2,2-3H3/t15-,16+,17-,18+/m0/s1. The molecular weight excluding hydrogens is 276 g/mol. The normalized spacial score (nSPS) is 32.7. The highest BCUT2D eigenvalue weighted by Crippen LogP contribution is 2.43. The minimum absolute atomic E-state index is 0.00678. The maximum atomic E-state index is 6.09. The van der Waals surface area contributed by atoms with Crippen molar-refractivity contribution in [3.05, 3.63) is 43.0 Å². The van der Waals surface area contributed by atoms with Gasteiger partial charge in [-0.2, -0.15) is 0 Å². The molecule has 1 aromatic carbocycles. The molecule has 0 unspecified atom stereocenters. The number of hydrogen-bond acceptors (Lipinski definition) is 2. The number of ether oxygens (including phenoxy) is 2. The van der Waals surface area contributed by atoms with Crippen molar-refractivity contribution < 1.29 is 9.47 Å². The molecule has 0 amide bonds. The molecule has 1 aromatic rings. The van der Waals surface area contributed by atoms with E-state index in [9.17, 15) is 0 Å². The van der Waals surface area contributed by atoms with Gasteiger partial charge in [-0.05, 0) is 24.8 Å². The summed E-state index contributed by atoms with van der Waals surface area (Å²) >= 11 is 0. The molecule has 2 saturated heterocycles. The first-order valence-corrected chi connectivity index (χ1v) is 11.3. The van der Waals surface area contributed by atoms with Crippen molar-refractivity contribution in [1.82, 2.24) is 0 Å². The van der Waals surface area contributed by atoms with E-state index in [2.05, 4.69) is 50.0 Å². The van der Waals surface area contributed by atoms with E-state index in [1.54, 1.807) is 0 Å². The Bertz CT molecular complexity index is 485. The minimum Gasteiger partial charge on any atom is -0.352 e. The third-order valence-corrected chi connectivity index (χ3v) is 8.50. The molecule has 3 rings (SSSR count). The van der Waals surface area contributed by atoms with E-state index in [0.717, 1.165) is 13.0 Å². The molecule has 2 aliphatic heterocycles. The molecule has 114 valence electrons. The average molecular weight is 302 g/mol. The van der Waals surface area contributed by atoms with Gasteiger partial charge in [-0.15, -0.1) is 6.58 Å². The van der Waals surface area contributed by atoms with E-state index in [-0.39, 0.29) is 12.4 Å². The summed E-state index contributed by atoms with van der Waals surface area (Å²) in [5.41, 5.74) is 0. The highest BCUT2D eigenvalue weighted by molar-refractivity contribution is 6.89. The zero-order valence-electron chi connectivity index (χ0n) is 13.1. The van der Waals surface area contributed by atoms with Crippen LogP contribution < -0.4 is 5.19 Å². The lowest BCUT2D eigenvalue weighted by Crippen LogP contribution is -2.45. The zero-order valence-corrected chi connectivity index (χ0v) is 14.1. The summed E-state index contributed by atoms with van der Waals surface area (Å²) < 4.78 is 11.9. The Labute approximate surface area is 129 Å². The van der Waals surface area contributed by atoms with Crippen LogP contribution in [-0.4, -0.2) is 27.1 Å². The first kappa shape index (κ1) is 15.0. The Morgan fingerprint density at radius 2 is 2.05 bits per heavy atom. The van der Waals surface area contributed by atoms with Crippen molar-refractivity contribution in [2.45, 2.75) is 44.4 Å². The Morgan fingerprint density at radius 3 is 2.76 bits per heavy atom. The number of benzene rings is 1. The van der Waals surface area contributed by atoms with Gasteiger partial charge in [0.05, 0.1) is 14.2 Å². The minimum atomic E-state index is -1.46. The van der Waals surface area contributed by atoms with Crippen LogP contribution in [0.4, 0.5) is 0 Å². The second kappa shape index (κ2) is 6.07. The molecule has 0 N–H and O–H groups in total. The fraction of sp³-hybridized carbons (Fsp3) is 0.556. The van der Waals surface area contributed by atoms with Gasteiger partial charge in [-0.25, -0.2) is 0 Å². The Kier molecular flexibility index (Phi) is 4.34. The molecule has 2 aliphatic rings. The Hall–Kier alpha value is -0.903. The van der Waals surface area contributed by atoms with E-state index < -0.39 is 8.07 Å². The fourth-order valence-corrected chi connectivity index (χ4v) is 6.97. The topological polar surface area (TPSA) is 18.5 Å². The van der Waals surface area contributed by atoms with Crippen molar-refractivity contribution in [1.29, 1.82) is 0 Å². The SMILES string of the molecule is C=C[C@@H]1O[C@H]2OCCC[C@H]2[C@H]1C[Si](C)(C)c1ccccc1. The van der Waals surface area contributed by atoms with Crippen LogP contribution in [0.15, 0.2) is 43.0 Å². The highest BCUT2D eigenvalue weighted by Gasteiger charge is 2.47. The first-order valence-electron chi connectivity index (χ1n) is 8.07. The third kappa shape index (κ3) is 3.01. The van der Waals surface area contributed by atoms with Gasteiger partial charge in [0, 0.05) is 12.5 Å². The van der Waals surface area contributed by atoms with E-state index in [1.807, 2.05) is 6.08 Å². The second-order valence-electron chi connectivity index (χ2n) is 7.00. The molecule has 2 fully saturated rings. The molecule has 0 radical (unpaired) electrons. The van der Waals surface area contributed by atoms with Gasteiger partial charge >= 0.3 is 0 Å². The maximum absolute atomic E-state index is 6.09. The van der Waals surface area contributed by atoms with Crippen molar-refractivity contribution in [2.75, 3.05) is 6.61 Å². The molecular formula is C18H26O2Si. The quantitative estimate of drug-likeness (QED) is 0.625. The Morgan fingerprint density at radius 1 is 1.29 bits per heavy atom. The average Bonchev–Trinajstić information content (AvgIpc) is 2.86. The number of rotatable bonds is 4. The molecule has 0 spiro atoms. The van der Waals surface area contributed by atoms with E-state index in [1.165, 1.54) is 17.7 Å². The number of hydrogen-bond donors (Lipinski definition) is 0. The largest absolute Gasteiger partial charge is 0.352 e. The molecule has 2 nitrogen and oxygen atoms in total. The fourth-order valence-electron chi connectivity index (χ4n) is 3.93. The van der Waals surface area contributed by atoms with Crippen molar-refractivity contribution in [3.8, 4) is 0 Å². The summed E-state index contributed by atoms with van der Waals surface area (Å²) in [5.74, 6) is 1.12. The molecule has 0 aromatic heterocycles. The predicted molar refractivity (Wildman–Crippen MR) is 89.4 cm³/mol. The lowest BCUT2D eigenvalue weighted by Gasteiger charge is -2.32. The van der Waals surface area contributed by atoms with Crippen molar-refractivity contribution in [3.63, 3.8) is 0 Å². The van der Waals surface area contributed by atoms with Crippen molar-refractivity contribution >= 4 is 13.3 Å². The van der Waals surface area contributed by atoms with E-state index in [0.29, 0.717) is 11.8 Å². The van der Waals surface area contributed by atoms with Gasteiger partial charge < -0.3 is 9.47 Å². The summed E-state index contributed by atoms with van der Waals surface area (Å²) in [7, 11) is -1.46. The first-order chi connectivity index (χ1) is 10.1. The van der Waals surface area contributed by atoms with Gasteiger partial charge in [-0.3, -0.25) is 0 Å². The van der Waals surface area contributed by atoms with Crippen molar-refractivity contribution in [2.24, 2.45) is 11.8 Å². The van der Waals surface area contributed by atoms with E-state index >= 15 is 0 Å². The lowest BCUT2D eigenvalue weighted by atomic mass is 9.87. The highest BCUT2D eigenvalue weighted by atomic mass is 28.3. The van der Waals surface area contributed by atoms with Gasteiger partial charge in [0.2, 0.25) is 0 Å². The Balaban J connectivity index is 1.80. The molecule has 4 atom stereocenters. The van der Waals surface area contributed by atoms with Crippen LogP contribution in [0.2, 0.25) is 19.1 Å². The summed E-state index contributed by atoms with van der Waals surface area (Å²) in [6.45, 7) is 9.78. The van der Waals surface area contributed by atoms with Gasteiger partial charge in [0.15, 0.2) is 6.29 Å². The summed E-state index contributed by atoms with van der Waals surface area (Å²) in [4.78, 5) is 0. The monoisotopic (exact) mass is 302 g/mol. The summed E-state index contributed by atoms with van der Waals surface area (Å²) in [5, 5.41) is 1.54. The molecule has 3 heteroatoms. The summed E-state index contributed by atoms with van der Waals surface area (Å²) in [6.07, 6.45) is 4.56. The predicted octanol–water partition coefficient (Wildman–Crippen LogP) is 3.56. The molecule has 21 heavy (non-hydrogen) atoms. The van der Waals surface area contributed by atoms with Gasteiger partial charge in [0.25, 0.3) is 0 Å². The van der Waals surface area contributed by atoms with E-state index in [4.69, 9.17) is 9.47 Å². The van der Waals surface area contributed by atoms with Gasteiger partial charge in [0.1, 0.15) is 0 Å². The molecule has 0 bridgehead atoms. The van der Waals surface area contributed by atoms with Crippen LogP contribution in [0.5, 0.6) is 0 Å². The van der Waals surface area contributed by atoms with Crippen LogP contribution >= 0.6 is 0 Å². The van der Waals surface area contributed by atoms with Crippen LogP contribution in [0.1, 0.15) is 12.8 Å². The summed E-state index contributed by atoms with van der Waals surface area (Å²) in [6, 6.07) is 12.3. The van der Waals surface area contributed by atoms with Crippen LogP contribution in [0, 0.1) is 11.8 Å².